The van der Waals surface area contributed by atoms with Crippen molar-refractivity contribution < 1.29 is 8.42 Å². The predicted molar refractivity (Wildman–Crippen MR) is 98.3 cm³/mol. The quantitative estimate of drug-likeness (QED) is 0.757. The van der Waals surface area contributed by atoms with Crippen molar-refractivity contribution >= 4 is 32.7 Å². The fourth-order valence-corrected chi connectivity index (χ4v) is 4.59. The van der Waals surface area contributed by atoms with Gasteiger partial charge in [-0.3, -0.25) is 9.13 Å². The number of sulfonamides is 1. The minimum Gasteiger partial charge on any atom is -0.295 e. The lowest BCUT2D eigenvalue weighted by atomic mass is 10.1. The summed E-state index contributed by atoms with van der Waals surface area (Å²) in [6.45, 7) is 1.76. The molecule has 2 aromatic carbocycles. The van der Waals surface area contributed by atoms with Crippen LogP contribution in [-0.2, 0) is 24.1 Å². The lowest BCUT2D eigenvalue weighted by Gasteiger charge is -2.15. The monoisotopic (exact) mass is 379 g/mol. The van der Waals surface area contributed by atoms with Gasteiger partial charge < -0.3 is 0 Å². The third kappa shape index (κ3) is 3.10. The van der Waals surface area contributed by atoms with Gasteiger partial charge in [0, 0.05) is 20.1 Å². The number of fused-ring (bicyclic) bond motifs is 1. The van der Waals surface area contributed by atoms with Crippen LogP contribution in [0.25, 0.3) is 11.0 Å². The molecular formula is C17H18ClN3O3S. The lowest BCUT2D eigenvalue weighted by molar-refractivity contribution is 0.567. The van der Waals surface area contributed by atoms with E-state index in [9.17, 15) is 13.2 Å². The van der Waals surface area contributed by atoms with E-state index in [1.165, 1.54) is 21.3 Å². The first kappa shape index (κ1) is 17.7. The highest BCUT2D eigenvalue weighted by molar-refractivity contribution is 7.89. The van der Waals surface area contributed by atoms with Gasteiger partial charge in [-0.2, -0.15) is 0 Å². The van der Waals surface area contributed by atoms with Crippen molar-refractivity contribution in [3.05, 3.63) is 63.5 Å². The maximum absolute atomic E-state index is 12.8. The van der Waals surface area contributed by atoms with Crippen LogP contribution in [0.15, 0.2) is 52.2 Å². The number of imidazole rings is 1. The minimum atomic E-state index is -3.86. The lowest BCUT2D eigenvalue weighted by Crippen LogP contribution is -2.27. The molecule has 0 saturated heterocycles. The Balaban J connectivity index is 2.07. The van der Waals surface area contributed by atoms with Gasteiger partial charge in [0.1, 0.15) is 4.90 Å². The molecule has 1 atom stereocenters. The topological polar surface area (TPSA) is 73.1 Å². The summed E-state index contributed by atoms with van der Waals surface area (Å²) in [7, 11) is -0.649. The Bertz CT molecular complexity index is 1100. The molecule has 0 aliphatic carbocycles. The van der Waals surface area contributed by atoms with Gasteiger partial charge in [-0.25, -0.2) is 17.9 Å². The maximum Gasteiger partial charge on any atom is 0.328 e. The number of aryl methyl sites for hydroxylation is 2. The van der Waals surface area contributed by atoms with Gasteiger partial charge in [0.2, 0.25) is 10.0 Å². The predicted octanol–water partition coefficient (Wildman–Crippen LogP) is 2.57. The van der Waals surface area contributed by atoms with Gasteiger partial charge in [-0.1, -0.05) is 41.9 Å². The molecular weight excluding hydrogens is 362 g/mol. The van der Waals surface area contributed by atoms with Crippen molar-refractivity contribution in [3.8, 4) is 0 Å². The maximum atomic E-state index is 12.8. The van der Waals surface area contributed by atoms with Crippen LogP contribution in [0.1, 0.15) is 18.5 Å². The van der Waals surface area contributed by atoms with E-state index in [1.807, 2.05) is 30.3 Å². The third-order valence-corrected chi connectivity index (χ3v) is 6.25. The number of benzene rings is 2. The van der Waals surface area contributed by atoms with Crippen LogP contribution in [0.3, 0.4) is 0 Å². The summed E-state index contributed by atoms with van der Waals surface area (Å²) in [5.74, 6) is 0. The van der Waals surface area contributed by atoms with Crippen LogP contribution < -0.4 is 10.4 Å². The molecule has 3 rings (SSSR count). The number of nitrogens with one attached hydrogen (secondary N) is 1. The van der Waals surface area contributed by atoms with Crippen LogP contribution in [0.2, 0.25) is 5.02 Å². The molecule has 0 bridgehead atoms. The second-order valence-electron chi connectivity index (χ2n) is 5.93. The third-order valence-electron chi connectivity index (χ3n) is 4.25. The molecule has 6 nitrogen and oxygen atoms in total. The number of hydrogen-bond donors (Lipinski definition) is 1. The normalized spacial score (nSPS) is 13.3. The van der Waals surface area contributed by atoms with E-state index in [2.05, 4.69) is 4.72 Å². The Morgan fingerprint density at radius 2 is 1.60 bits per heavy atom. The summed E-state index contributed by atoms with van der Waals surface area (Å²) >= 11 is 6.21. The van der Waals surface area contributed by atoms with Crippen molar-refractivity contribution in [2.75, 3.05) is 0 Å². The largest absolute Gasteiger partial charge is 0.328 e. The fraction of sp³-hybridized carbons (Fsp3) is 0.235. The summed E-state index contributed by atoms with van der Waals surface area (Å²) in [5, 5.41) is 0.0708. The van der Waals surface area contributed by atoms with E-state index in [-0.39, 0.29) is 15.6 Å². The van der Waals surface area contributed by atoms with Gasteiger partial charge in [-0.05, 0) is 24.6 Å². The van der Waals surface area contributed by atoms with Crippen LogP contribution in [0.4, 0.5) is 0 Å². The Hall–Kier alpha value is -2.09. The van der Waals surface area contributed by atoms with Crippen LogP contribution in [0, 0.1) is 0 Å². The van der Waals surface area contributed by atoms with Crippen molar-refractivity contribution in [1.82, 2.24) is 13.9 Å². The molecule has 132 valence electrons. The molecule has 0 spiro atoms. The second kappa shape index (κ2) is 6.33. The van der Waals surface area contributed by atoms with Crippen molar-refractivity contribution in [2.45, 2.75) is 17.9 Å². The van der Waals surface area contributed by atoms with Crippen LogP contribution in [-0.4, -0.2) is 17.6 Å². The van der Waals surface area contributed by atoms with Gasteiger partial charge >= 0.3 is 5.69 Å². The van der Waals surface area contributed by atoms with Gasteiger partial charge in [0.25, 0.3) is 0 Å². The van der Waals surface area contributed by atoms with Crippen LogP contribution in [0.5, 0.6) is 0 Å². The molecule has 25 heavy (non-hydrogen) atoms. The molecule has 8 heteroatoms. The molecule has 1 aromatic heterocycles. The van der Waals surface area contributed by atoms with E-state index in [0.29, 0.717) is 11.0 Å². The molecule has 0 aliphatic rings. The molecule has 0 saturated carbocycles. The average Bonchev–Trinajstić information content (AvgIpc) is 2.78. The molecule has 0 aliphatic heterocycles. The Morgan fingerprint density at radius 3 is 2.20 bits per heavy atom. The zero-order valence-corrected chi connectivity index (χ0v) is 15.6. The summed E-state index contributed by atoms with van der Waals surface area (Å²) in [6, 6.07) is 11.8. The molecule has 1 N–H and O–H groups in total. The van der Waals surface area contributed by atoms with E-state index >= 15 is 0 Å². The highest BCUT2D eigenvalue weighted by Crippen LogP contribution is 2.28. The number of halogens is 1. The zero-order valence-electron chi connectivity index (χ0n) is 14.0. The number of nitrogens with zero attached hydrogens (tertiary/aromatic N) is 2. The van der Waals surface area contributed by atoms with Crippen molar-refractivity contribution in [3.63, 3.8) is 0 Å². The van der Waals surface area contributed by atoms with Crippen molar-refractivity contribution in [2.24, 2.45) is 14.1 Å². The number of hydrogen-bond acceptors (Lipinski definition) is 3. The van der Waals surface area contributed by atoms with Gasteiger partial charge in [-0.15, -0.1) is 0 Å². The van der Waals surface area contributed by atoms with E-state index in [4.69, 9.17) is 11.6 Å². The molecule has 3 aromatic rings. The zero-order chi connectivity index (χ0) is 18.4. The molecule has 1 heterocycles. The molecule has 0 fully saturated rings. The highest BCUT2D eigenvalue weighted by Gasteiger charge is 2.23. The summed E-state index contributed by atoms with van der Waals surface area (Å²) in [6.07, 6.45) is 0. The van der Waals surface area contributed by atoms with Crippen LogP contribution >= 0.6 is 11.6 Å². The molecule has 0 radical (unpaired) electrons. The van der Waals surface area contributed by atoms with E-state index < -0.39 is 16.1 Å². The van der Waals surface area contributed by atoms with E-state index in [0.717, 1.165) is 5.56 Å². The van der Waals surface area contributed by atoms with Gasteiger partial charge in [0.05, 0.1) is 16.1 Å². The van der Waals surface area contributed by atoms with E-state index in [1.54, 1.807) is 21.0 Å². The number of rotatable bonds is 4. The standard InChI is InChI=1S/C17H18ClN3O3S/c1-11(12-7-5-4-6-8-12)19-25(23,24)16-10-15-14(9-13(16)18)20(2)17(22)21(15)3/h4-11,19H,1-3H3. The first-order chi connectivity index (χ1) is 11.7. The Labute approximate surface area is 150 Å². The first-order valence-corrected chi connectivity index (χ1v) is 9.50. The fourth-order valence-electron chi connectivity index (χ4n) is 2.81. The SMILES string of the molecule is CC(NS(=O)(=O)c1cc2c(cc1Cl)n(C)c(=O)n2C)c1ccccc1. The second-order valence-corrected chi connectivity index (χ2v) is 8.02. The van der Waals surface area contributed by atoms with Gasteiger partial charge in [0.15, 0.2) is 0 Å². The number of aromatic nitrogens is 2. The minimum absolute atomic E-state index is 0.0503. The first-order valence-electron chi connectivity index (χ1n) is 7.64. The Morgan fingerprint density at radius 1 is 1.04 bits per heavy atom. The Kier molecular flexibility index (Phi) is 4.49. The van der Waals surface area contributed by atoms with Crippen molar-refractivity contribution in [1.29, 1.82) is 0 Å². The summed E-state index contributed by atoms with van der Waals surface area (Å²) < 4.78 is 31.0. The smallest absolute Gasteiger partial charge is 0.295 e. The summed E-state index contributed by atoms with van der Waals surface area (Å²) in [5.41, 5.74) is 1.68. The molecule has 1 unspecified atom stereocenters. The molecule has 0 amide bonds. The average molecular weight is 380 g/mol. The highest BCUT2D eigenvalue weighted by atomic mass is 35.5. The summed E-state index contributed by atoms with van der Waals surface area (Å²) in [4.78, 5) is 12.0.